The summed E-state index contributed by atoms with van der Waals surface area (Å²) in [5.41, 5.74) is 11.6. The summed E-state index contributed by atoms with van der Waals surface area (Å²) in [5, 5.41) is 3.43. The van der Waals surface area contributed by atoms with Crippen molar-refractivity contribution in [2.45, 2.75) is 18.9 Å². The van der Waals surface area contributed by atoms with E-state index in [1.807, 2.05) is 24.3 Å². The molecule has 1 atom stereocenters. The Kier molecular flexibility index (Phi) is 2.99. The lowest BCUT2D eigenvalue weighted by molar-refractivity contribution is 0.880. The number of aryl methyl sites for hydroxylation is 2. The monoisotopic (exact) mass is 293 g/mol. The van der Waals surface area contributed by atoms with E-state index in [2.05, 4.69) is 30.3 Å². The zero-order chi connectivity index (χ0) is 14.4. The summed E-state index contributed by atoms with van der Waals surface area (Å²) >= 11 is 6.10. The summed E-state index contributed by atoms with van der Waals surface area (Å²) in [6.45, 7) is 0. The Morgan fingerprint density at radius 2 is 1.67 bits per heavy atom. The van der Waals surface area contributed by atoms with E-state index in [0.717, 1.165) is 23.4 Å². The first-order chi connectivity index (χ1) is 10.2. The first-order valence-electron chi connectivity index (χ1n) is 7.28. The molecule has 0 bridgehead atoms. The second kappa shape index (κ2) is 4.87. The topological polar surface area (TPSA) is 26.0 Å². The molecule has 0 aromatic heterocycles. The molecular formula is C19H16ClN. The maximum atomic E-state index is 6.51. The Labute approximate surface area is 129 Å². The van der Waals surface area contributed by atoms with Crippen LogP contribution in [-0.2, 0) is 12.8 Å². The molecule has 0 heterocycles. The predicted octanol–water partition coefficient (Wildman–Crippen LogP) is 4.64. The van der Waals surface area contributed by atoms with E-state index in [-0.39, 0.29) is 6.04 Å². The van der Waals surface area contributed by atoms with Gasteiger partial charge in [0, 0.05) is 5.02 Å². The maximum Gasteiger partial charge on any atom is 0.0558 e. The van der Waals surface area contributed by atoms with Crippen molar-refractivity contribution < 1.29 is 0 Å². The second-order valence-corrected chi connectivity index (χ2v) is 6.12. The molecule has 2 N–H and O–H groups in total. The zero-order valence-electron chi connectivity index (χ0n) is 11.6. The summed E-state index contributed by atoms with van der Waals surface area (Å²) < 4.78 is 0. The van der Waals surface area contributed by atoms with E-state index in [1.54, 1.807) is 0 Å². The average molecular weight is 294 g/mol. The van der Waals surface area contributed by atoms with Gasteiger partial charge in [0.15, 0.2) is 0 Å². The largest absolute Gasteiger partial charge is 0.320 e. The lowest BCUT2D eigenvalue weighted by atomic mass is 9.92. The Bertz CT molecular complexity index is 828. The summed E-state index contributed by atoms with van der Waals surface area (Å²) in [4.78, 5) is 0. The fourth-order valence-electron chi connectivity index (χ4n) is 3.42. The SMILES string of the molecule is NC(c1cccc(Cl)c1)c1ccc2c3c(cccc13)CC2. The molecule has 21 heavy (non-hydrogen) atoms. The molecule has 0 radical (unpaired) electrons. The van der Waals surface area contributed by atoms with Gasteiger partial charge >= 0.3 is 0 Å². The molecule has 3 aromatic rings. The molecule has 1 nitrogen and oxygen atoms in total. The number of hydrogen-bond donors (Lipinski definition) is 1. The average Bonchev–Trinajstić information content (AvgIpc) is 2.92. The van der Waals surface area contributed by atoms with E-state index in [9.17, 15) is 0 Å². The third-order valence-corrected chi connectivity index (χ3v) is 4.69. The van der Waals surface area contributed by atoms with Gasteiger partial charge in [0.25, 0.3) is 0 Å². The standard InChI is InChI=1S/C19H16ClN/c20-15-5-1-4-14(11-15)19(21)17-10-9-13-8-7-12-3-2-6-16(17)18(12)13/h1-6,9-11,19H,7-8,21H2. The van der Waals surface area contributed by atoms with Crippen molar-refractivity contribution in [3.05, 3.63) is 81.9 Å². The minimum atomic E-state index is -0.145. The maximum absolute atomic E-state index is 6.51. The fourth-order valence-corrected chi connectivity index (χ4v) is 3.62. The minimum Gasteiger partial charge on any atom is -0.320 e. The molecule has 4 rings (SSSR count). The van der Waals surface area contributed by atoms with Crippen LogP contribution in [0.15, 0.2) is 54.6 Å². The second-order valence-electron chi connectivity index (χ2n) is 5.69. The minimum absolute atomic E-state index is 0.145. The molecule has 104 valence electrons. The highest BCUT2D eigenvalue weighted by atomic mass is 35.5. The van der Waals surface area contributed by atoms with Crippen LogP contribution in [0.5, 0.6) is 0 Å². The van der Waals surface area contributed by atoms with Crippen molar-refractivity contribution in [1.29, 1.82) is 0 Å². The highest BCUT2D eigenvalue weighted by Gasteiger charge is 2.19. The number of benzene rings is 3. The van der Waals surface area contributed by atoms with Gasteiger partial charge in [-0.3, -0.25) is 0 Å². The van der Waals surface area contributed by atoms with Gasteiger partial charge in [-0.25, -0.2) is 0 Å². The summed E-state index contributed by atoms with van der Waals surface area (Å²) in [7, 11) is 0. The van der Waals surface area contributed by atoms with Crippen molar-refractivity contribution in [3.8, 4) is 0 Å². The Balaban J connectivity index is 1.92. The molecule has 0 spiro atoms. The number of hydrogen-bond acceptors (Lipinski definition) is 1. The van der Waals surface area contributed by atoms with E-state index in [0.29, 0.717) is 0 Å². The van der Waals surface area contributed by atoms with E-state index < -0.39 is 0 Å². The molecule has 1 aliphatic rings. The Morgan fingerprint density at radius 3 is 2.48 bits per heavy atom. The van der Waals surface area contributed by atoms with Gasteiger partial charge < -0.3 is 5.73 Å². The molecule has 0 aliphatic heterocycles. The molecule has 0 saturated heterocycles. The molecule has 0 saturated carbocycles. The molecular weight excluding hydrogens is 278 g/mol. The van der Waals surface area contributed by atoms with Crippen LogP contribution in [0.25, 0.3) is 10.8 Å². The smallest absolute Gasteiger partial charge is 0.0558 e. The van der Waals surface area contributed by atoms with Crippen molar-refractivity contribution in [1.82, 2.24) is 0 Å². The summed E-state index contributed by atoms with van der Waals surface area (Å²) in [5.74, 6) is 0. The number of nitrogens with two attached hydrogens (primary N) is 1. The van der Waals surface area contributed by atoms with Gasteiger partial charge in [-0.15, -0.1) is 0 Å². The van der Waals surface area contributed by atoms with Crippen LogP contribution in [0, 0.1) is 0 Å². The van der Waals surface area contributed by atoms with E-state index in [4.69, 9.17) is 17.3 Å². The normalized spacial score (nSPS) is 14.6. The molecule has 0 amide bonds. The van der Waals surface area contributed by atoms with Crippen LogP contribution in [0.4, 0.5) is 0 Å². The summed E-state index contributed by atoms with van der Waals surface area (Å²) in [6.07, 6.45) is 2.28. The molecule has 0 fully saturated rings. The fraction of sp³-hybridized carbons (Fsp3) is 0.158. The first kappa shape index (κ1) is 12.9. The first-order valence-corrected chi connectivity index (χ1v) is 7.66. The zero-order valence-corrected chi connectivity index (χ0v) is 12.4. The van der Waals surface area contributed by atoms with Gasteiger partial charge in [-0.1, -0.05) is 54.1 Å². The van der Waals surface area contributed by atoms with Crippen molar-refractivity contribution in [2.75, 3.05) is 0 Å². The van der Waals surface area contributed by atoms with Crippen LogP contribution in [0.2, 0.25) is 5.02 Å². The van der Waals surface area contributed by atoms with Gasteiger partial charge in [-0.2, -0.15) is 0 Å². The third kappa shape index (κ3) is 2.05. The predicted molar refractivity (Wildman–Crippen MR) is 88.8 cm³/mol. The van der Waals surface area contributed by atoms with Crippen LogP contribution < -0.4 is 5.73 Å². The number of halogens is 1. The van der Waals surface area contributed by atoms with E-state index >= 15 is 0 Å². The molecule has 2 heteroatoms. The van der Waals surface area contributed by atoms with Crippen molar-refractivity contribution >= 4 is 22.4 Å². The van der Waals surface area contributed by atoms with Crippen LogP contribution in [0.3, 0.4) is 0 Å². The third-order valence-electron chi connectivity index (χ3n) is 4.45. The molecule has 1 unspecified atom stereocenters. The summed E-state index contributed by atoms with van der Waals surface area (Å²) in [6, 6.07) is 18.7. The van der Waals surface area contributed by atoms with Crippen LogP contribution in [-0.4, -0.2) is 0 Å². The Morgan fingerprint density at radius 1 is 0.905 bits per heavy atom. The van der Waals surface area contributed by atoms with Gasteiger partial charge in [0.05, 0.1) is 6.04 Å². The van der Waals surface area contributed by atoms with Crippen molar-refractivity contribution in [3.63, 3.8) is 0 Å². The van der Waals surface area contributed by atoms with Gasteiger partial charge in [0.1, 0.15) is 0 Å². The lowest BCUT2D eigenvalue weighted by Gasteiger charge is -2.16. The van der Waals surface area contributed by atoms with Crippen molar-refractivity contribution in [2.24, 2.45) is 5.73 Å². The molecule has 1 aliphatic carbocycles. The van der Waals surface area contributed by atoms with Crippen LogP contribution in [0.1, 0.15) is 28.3 Å². The molecule has 3 aromatic carbocycles. The van der Waals surface area contributed by atoms with Crippen LogP contribution >= 0.6 is 11.6 Å². The number of rotatable bonds is 2. The highest BCUT2D eigenvalue weighted by Crippen LogP contribution is 2.36. The quantitative estimate of drug-likeness (QED) is 0.732. The highest BCUT2D eigenvalue weighted by molar-refractivity contribution is 6.30. The lowest BCUT2D eigenvalue weighted by Crippen LogP contribution is -2.12. The Hall–Kier alpha value is -1.83. The van der Waals surface area contributed by atoms with E-state index in [1.165, 1.54) is 27.5 Å². The van der Waals surface area contributed by atoms with Gasteiger partial charge in [0.2, 0.25) is 0 Å². The van der Waals surface area contributed by atoms with Gasteiger partial charge in [-0.05, 0) is 58.0 Å².